The highest BCUT2D eigenvalue weighted by atomic mass is 32.2. The van der Waals surface area contributed by atoms with Crippen molar-refractivity contribution in [2.24, 2.45) is 0 Å². The Morgan fingerprint density at radius 1 is 1.11 bits per heavy atom. The average molecular weight is 523 g/mol. The first-order valence-electron chi connectivity index (χ1n) is 11.5. The molecule has 2 amide bonds. The number of benzene rings is 1. The van der Waals surface area contributed by atoms with Gasteiger partial charge in [-0.1, -0.05) is 12.1 Å². The summed E-state index contributed by atoms with van der Waals surface area (Å²) >= 11 is 0. The summed E-state index contributed by atoms with van der Waals surface area (Å²) in [5, 5.41) is 8.35. The minimum atomic E-state index is -3.57. The van der Waals surface area contributed by atoms with Gasteiger partial charge in [0.2, 0.25) is 5.91 Å². The minimum Gasteiger partial charge on any atom is -0.382 e. The van der Waals surface area contributed by atoms with Crippen molar-refractivity contribution in [1.29, 1.82) is 0 Å². The lowest BCUT2D eigenvalue weighted by Gasteiger charge is -2.45. The number of piperazine rings is 1. The first-order valence-corrected chi connectivity index (χ1v) is 13.3. The van der Waals surface area contributed by atoms with Crippen molar-refractivity contribution in [2.75, 3.05) is 30.0 Å². The molecule has 1 aliphatic rings. The maximum absolute atomic E-state index is 13.4. The Labute approximate surface area is 213 Å². The molecule has 12 nitrogen and oxygen atoms in total. The number of carbonyl (C=O) groups excluding carboxylic acids is 2. The van der Waals surface area contributed by atoms with E-state index in [9.17, 15) is 18.0 Å². The number of amides is 2. The molecule has 4 heterocycles. The lowest BCUT2D eigenvalue weighted by molar-refractivity contribution is -0.145. The van der Waals surface area contributed by atoms with Crippen molar-refractivity contribution in [1.82, 2.24) is 28.7 Å². The molecule has 37 heavy (non-hydrogen) atoms. The molecule has 192 valence electrons. The zero-order chi connectivity index (χ0) is 26.7. The van der Waals surface area contributed by atoms with Crippen LogP contribution in [0.25, 0.3) is 27.9 Å². The summed E-state index contributed by atoms with van der Waals surface area (Å²) < 4.78 is 26.4. The molecule has 0 atom stereocenters. The van der Waals surface area contributed by atoms with Crippen LogP contribution in [0.1, 0.15) is 20.8 Å². The predicted molar refractivity (Wildman–Crippen MR) is 138 cm³/mol. The number of nitrogens with two attached hydrogens (primary N) is 1. The molecule has 5 rings (SSSR count). The van der Waals surface area contributed by atoms with Crippen LogP contribution in [0.2, 0.25) is 0 Å². The Balaban J connectivity index is 1.61. The lowest BCUT2D eigenvalue weighted by atomic mass is 9.96. The Bertz CT molecular complexity index is 1670. The monoisotopic (exact) mass is 522 g/mol. The van der Waals surface area contributed by atoms with Crippen molar-refractivity contribution < 1.29 is 18.0 Å². The highest BCUT2D eigenvalue weighted by Gasteiger charge is 2.43. The molecule has 0 aliphatic carbocycles. The van der Waals surface area contributed by atoms with E-state index >= 15 is 0 Å². The van der Waals surface area contributed by atoms with Crippen molar-refractivity contribution in [3.05, 3.63) is 49.1 Å². The van der Waals surface area contributed by atoms with Gasteiger partial charge in [-0.25, -0.2) is 17.9 Å². The van der Waals surface area contributed by atoms with Gasteiger partial charge in [0.25, 0.3) is 15.9 Å². The van der Waals surface area contributed by atoms with E-state index in [4.69, 9.17) is 5.73 Å². The highest BCUT2D eigenvalue weighted by Crippen LogP contribution is 2.36. The van der Waals surface area contributed by atoms with E-state index < -0.39 is 15.6 Å². The lowest BCUT2D eigenvalue weighted by Crippen LogP contribution is -2.64. The van der Waals surface area contributed by atoms with E-state index in [0.717, 1.165) is 15.9 Å². The second kappa shape index (κ2) is 8.40. The molecule has 0 bridgehead atoms. The number of aromatic nitrogens is 5. The molecular weight excluding hydrogens is 496 g/mol. The fourth-order valence-corrected chi connectivity index (χ4v) is 5.30. The van der Waals surface area contributed by atoms with Crippen molar-refractivity contribution in [3.63, 3.8) is 0 Å². The van der Waals surface area contributed by atoms with E-state index in [2.05, 4.69) is 15.2 Å². The van der Waals surface area contributed by atoms with E-state index in [1.54, 1.807) is 28.2 Å². The van der Waals surface area contributed by atoms with Crippen LogP contribution < -0.4 is 10.6 Å². The largest absolute Gasteiger partial charge is 0.382 e. The quantitative estimate of drug-likeness (QED) is 0.425. The number of rotatable bonds is 4. The summed E-state index contributed by atoms with van der Waals surface area (Å²) in [4.78, 5) is 32.8. The number of anilines is 2. The van der Waals surface area contributed by atoms with Crippen LogP contribution in [0, 0.1) is 0 Å². The molecule has 0 unspecified atom stereocenters. The van der Waals surface area contributed by atoms with Crippen LogP contribution in [0.15, 0.2) is 49.1 Å². The van der Waals surface area contributed by atoms with E-state index in [1.165, 1.54) is 25.6 Å². The smallest absolute Gasteiger partial charge is 0.252 e. The molecule has 1 fully saturated rings. The maximum atomic E-state index is 13.4. The van der Waals surface area contributed by atoms with E-state index in [-0.39, 0.29) is 17.6 Å². The minimum absolute atomic E-state index is 0.143. The van der Waals surface area contributed by atoms with Gasteiger partial charge in [-0.15, -0.1) is 0 Å². The molecule has 2 N–H and O–H groups in total. The third-order valence-corrected chi connectivity index (χ3v) is 7.50. The third-order valence-electron chi connectivity index (χ3n) is 6.62. The first-order chi connectivity index (χ1) is 17.4. The zero-order valence-corrected chi connectivity index (χ0v) is 21.6. The van der Waals surface area contributed by atoms with Gasteiger partial charge < -0.3 is 15.5 Å². The van der Waals surface area contributed by atoms with Gasteiger partial charge in [0, 0.05) is 42.4 Å². The molecule has 1 saturated heterocycles. The first kappa shape index (κ1) is 24.4. The summed E-state index contributed by atoms with van der Waals surface area (Å²) in [7, 11) is -3.57. The fraction of sp³-hybridized carbons (Fsp3) is 0.292. The van der Waals surface area contributed by atoms with Crippen molar-refractivity contribution in [3.8, 4) is 22.4 Å². The Kier molecular flexibility index (Phi) is 5.55. The van der Waals surface area contributed by atoms with Gasteiger partial charge >= 0.3 is 0 Å². The molecule has 0 radical (unpaired) electrons. The van der Waals surface area contributed by atoms with Gasteiger partial charge in [-0.3, -0.25) is 9.59 Å². The Morgan fingerprint density at radius 3 is 2.54 bits per heavy atom. The van der Waals surface area contributed by atoms with Crippen LogP contribution in [-0.2, 0) is 19.6 Å². The molecule has 4 aromatic rings. The third kappa shape index (κ3) is 4.00. The SMILES string of the molecule is CC(=O)N1CCN(c2cccc(-c3cc(-c4cnn(S(C)(=O)=O)c4)c4c(N)ncnn34)c2)C(=O)C1(C)C. The zero-order valence-electron chi connectivity index (χ0n) is 20.8. The van der Waals surface area contributed by atoms with E-state index in [0.29, 0.717) is 41.1 Å². The molecule has 0 spiro atoms. The summed E-state index contributed by atoms with van der Waals surface area (Å²) in [5.41, 5.74) is 8.99. The number of hydrogen-bond donors (Lipinski definition) is 1. The summed E-state index contributed by atoms with van der Waals surface area (Å²) in [6.45, 7) is 5.75. The van der Waals surface area contributed by atoms with Crippen LogP contribution in [0.3, 0.4) is 0 Å². The van der Waals surface area contributed by atoms with E-state index in [1.807, 2.05) is 30.3 Å². The standard InChI is InChI=1S/C24H26N8O4S/c1-15(33)30-9-8-29(23(34)24(30,2)3)18-7-5-6-16(10-18)20-11-19(21-22(25)26-14-28-32(20)21)17-12-27-31(13-17)37(4,35)36/h5-7,10-14H,8-9H2,1-4H3,(H2,25,26,28). The van der Waals surface area contributed by atoms with Crippen molar-refractivity contribution >= 4 is 38.9 Å². The number of fused-ring (bicyclic) bond motifs is 1. The topological polar surface area (TPSA) is 149 Å². The molecule has 1 aromatic carbocycles. The van der Waals surface area contributed by atoms with Gasteiger partial charge in [0.05, 0.1) is 24.3 Å². The van der Waals surface area contributed by atoms with Crippen molar-refractivity contribution in [2.45, 2.75) is 26.3 Å². The highest BCUT2D eigenvalue weighted by molar-refractivity contribution is 7.89. The second-order valence-corrected chi connectivity index (χ2v) is 11.3. The fourth-order valence-electron chi connectivity index (χ4n) is 4.78. The van der Waals surface area contributed by atoms with Crippen LogP contribution >= 0.6 is 0 Å². The average Bonchev–Trinajstić information content (AvgIpc) is 3.46. The maximum Gasteiger partial charge on any atom is 0.252 e. The Morgan fingerprint density at radius 2 is 1.86 bits per heavy atom. The normalized spacial score (nSPS) is 15.9. The Hall–Kier alpha value is -4.26. The van der Waals surface area contributed by atoms with Gasteiger partial charge in [0.1, 0.15) is 17.4 Å². The number of nitrogens with zero attached hydrogens (tertiary/aromatic N) is 7. The molecule has 3 aromatic heterocycles. The van der Waals surface area contributed by atoms with Gasteiger partial charge in [-0.05, 0) is 32.0 Å². The van der Waals surface area contributed by atoms with Crippen LogP contribution in [0.5, 0.6) is 0 Å². The summed E-state index contributed by atoms with van der Waals surface area (Å²) in [5.74, 6) is -0.0984. The van der Waals surface area contributed by atoms with Crippen LogP contribution in [-0.4, -0.2) is 73.8 Å². The predicted octanol–water partition coefficient (Wildman–Crippen LogP) is 1.62. The van der Waals surface area contributed by atoms with Crippen LogP contribution in [0.4, 0.5) is 11.5 Å². The molecule has 0 saturated carbocycles. The molecular formula is C24H26N8O4S. The number of nitrogen functional groups attached to an aromatic ring is 1. The summed E-state index contributed by atoms with van der Waals surface area (Å²) in [6.07, 6.45) is 5.26. The van der Waals surface area contributed by atoms with Gasteiger partial charge in [-0.2, -0.15) is 14.3 Å². The number of hydrogen-bond acceptors (Lipinski definition) is 8. The molecule has 13 heteroatoms. The number of carbonyl (C=O) groups is 2. The molecule has 1 aliphatic heterocycles. The summed E-state index contributed by atoms with van der Waals surface area (Å²) in [6, 6.07) is 9.28. The van der Waals surface area contributed by atoms with Gasteiger partial charge in [0.15, 0.2) is 5.82 Å². The second-order valence-electron chi connectivity index (χ2n) is 9.45.